The van der Waals surface area contributed by atoms with Gasteiger partial charge in [-0.1, -0.05) is 32.4 Å². The highest BCUT2D eigenvalue weighted by atomic mass is 32.1. The summed E-state index contributed by atoms with van der Waals surface area (Å²) in [6.07, 6.45) is 0.984. The summed E-state index contributed by atoms with van der Waals surface area (Å²) in [6, 6.07) is 11.0. The number of nitrogens with one attached hydrogen (secondary N) is 1. The van der Waals surface area contributed by atoms with Gasteiger partial charge in [0.2, 0.25) is 5.75 Å². The number of amides is 2. The maximum absolute atomic E-state index is 12.7. The molecule has 0 saturated carbocycles. The SMILES string of the molecule is CCC(C)CNC(=O)N(OC)c1cccc(-c2csnc2-c2cc(OC)c(OC)c(OC)c2)c1. The van der Waals surface area contributed by atoms with Gasteiger partial charge in [0, 0.05) is 23.1 Å². The lowest BCUT2D eigenvalue weighted by Gasteiger charge is -2.22. The van der Waals surface area contributed by atoms with E-state index in [1.807, 2.05) is 41.8 Å². The average molecular weight is 486 g/mol. The molecule has 9 heteroatoms. The van der Waals surface area contributed by atoms with Gasteiger partial charge in [0.25, 0.3) is 0 Å². The van der Waals surface area contributed by atoms with E-state index >= 15 is 0 Å². The number of methoxy groups -OCH3 is 3. The smallest absolute Gasteiger partial charge is 0.346 e. The molecule has 1 atom stereocenters. The monoisotopic (exact) mass is 485 g/mol. The zero-order valence-corrected chi connectivity index (χ0v) is 21.2. The molecule has 2 amide bonds. The van der Waals surface area contributed by atoms with E-state index in [1.54, 1.807) is 21.3 Å². The summed E-state index contributed by atoms with van der Waals surface area (Å²) >= 11 is 1.35. The second-order valence-electron chi connectivity index (χ2n) is 7.72. The van der Waals surface area contributed by atoms with Crippen molar-refractivity contribution in [1.29, 1.82) is 0 Å². The number of benzene rings is 2. The van der Waals surface area contributed by atoms with Crippen molar-refractivity contribution < 1.29 is 23.8 Å². The van der Waals surface area contributed by atoms with Crippen LogP contribution in [0.5, 0.6) is 17.2 Å². The number of hydrogen-bond acceptors (Lipinski definition) is 7. The summed E-state index contributed by atoms with van der Waals surface area (Å²) in [6.45, 7) is 4.76. The van der Waals surface area contributed by atoms with Crippen LogP contribution in [0.1, 0.15) is 20.3 Å². The van der Waals surface area contributed by atoms with Gasteiger partial charge >= 0.3 is 6.03 Å². The number of urea groups is 1. The van der Waals surface area contributed by atoms with E-state index in [0.717, 1.165) is 28.8 Å². The quantitative estimate of drug-likeness (QED) is 0.375. The molecule has 3 rings (SSSR count). The second kappa shape index (κ2) is 11.7. The summed E-state index contributed by atoms with van der Waals surface area (Å²) in [5, 5.41) is 6.15. The van der Waals surface area contributed by atoms with Crippen molar-refractivity contribution in [2.45, 2.75) is 20.3 Å². The Balaban J connectivity index is 1.97. The lowest BCUT2D eigenvalue weighted by atomic mass is 10.0. The number of rotatable bonds is 10. The van der Waals surface area contributed by atoms with Crippen molar-refractivity contribution >= 4 is 23.3 Å². The molecule has 182 valence electrons. The van der Waals surface area contributed by atoms with Gasteiger partial charge in [-0.2, -0.15) is 9.44 Å². The molecule has 0 bridgehead atoms. The van der Waals surface area contributed by atoms with Crippen molar-refractivity contribution in [3.63, 3.8) is 0 Å². The predicted molar refractivity (Wildman–Crippen MR) is 135 cm³/mol. The predicted octanol–water partition coefficient (Wildman–Crippen LogP) is 5.63. The van der Waals surface area contributed by atoms with Crippen LogP contribution in [0.15, 0.2) is 41.8 Å². The maximum Gasteiger partial charge on any atom is 0.346 e. The molecular weight excluding hydrogens is 454 g/mol. The van der Waals surface area contributed by atoms with Crippen LogP contribution < -0.4 is 24.6 Å². The van der Waals surface area contributed by atoms with E-state index in [4.69, 9.17) is 19.0 Å². The van der Waals surface area contributed by atoms with Crippen molar-refractivity contribution in [2.24, 2.45) is 5.92 Å². The molecule has 0 radical (unpaired) electrons. The van der Waals surface area contributed by atoms with Gasteiger partial charge in [0.15, 0.2) is 11.5 Å². The summed E-state index contributed by atoms with van der Waals surface area (Å²) in [7, 11) is 6.21. The van der Waals surface area contributed by atoms with Crippen LogP contribution in [0, 0.1) is 5.92 Å². The topological polar surface area (TPSA) is 82.2 Å². The Bertz CT molecular complexity index is 1090. The number of ether oxygens (including phenoxy) is 3. The van der Waals surface area contributed by atoms with Gasteiger partial charge in [-0.15, -0.1) is 0 Å². The van der Waals surface area contributed by atoms with Crippen LogP contribution in [0.2, 0.25) is 0 Å². The molecular formula is C25H31N3O5S. The molecule has 0 aliphatic carbocycles. The van der Waals surface area contributed by atoms with Crippen molar-refractivity contribution in [3.8, 4) is 39.6 Å². The van der Waals surface area contributed by atoms with E-state index < -0.39 is 0 Å². The largest absolute Gasteiger partial charge is 0.493 e. The van der Waals surface area contributed by atoms with Crippen LogP contribution in [0.3, 0.4) is 0 Å². The third-order valence-corrected chi connectivity index (χ3v) is 6.19. The molecule has 0 spiro atoms. The van der Waals surface area contributed by atoms with Gasteiger partial charge in [-0.3, -0.25) is 4.84 Å². The Kier molecular flexibility index (Phi) is 8.72. The summed E-state index contributed by atoms with van der Waals surface area (Å²) < 4.78 is 21.1. The first-order valence-electron chi connectivity index (χ1n) is 10.9. The number of hydrogen-bond donors (Lipinski definition) is 1. The minimum Gasteiger partial charge on any atom is -0.493 e. The molecule has 0 aliphatic heterocycles. The van der Waals surface area contributed by atoms with Crippen molar-refractivity contribution in [2.75, 3.05) is 40.0 Å². The van der Waals surface area contributed by atoms with Crippen molar-refractivity contribution in [3.05, 3.63) is 41.8 Å². The number of carbonyl (C=O) groups is 1. The van der Waals surface area contributed by atoms with Crippen LogP contribution in [-0.2, 0) is 4.84 Å². The zero-order chi connectivity index (χ0) is 24.7. The van der Waals surface area contributed by atoms with Crippen LogP contribution in [0.4, 0.5) is 10.5 Å². The molecule has 8 nitrogen and oxygen atoms in total. The highest BCUT2D eigenvalue weighted by Crippen LogP contribution is 2.43. The Labute approximate surface area is 204 Å². The third-order valence-electron chi connectivity index (χ3n) is 5.57. The Hall–Kier alpha value is -3.30. The third kappa shape index (κ3) is 5.43. The van der Waals surface area contributed by atoms with E-state index in [-0.39, 0.29) is 6.03 Å². The van der Waals surface area contributed by atoms with Gasteiger partial charge in [-0.25, -0.2) is 4.79 Å². The van der Waals surface area contributed by atoms with E-state index in [1.165, 1.54) is 23.7 Å². The van der Waals surface area contributed by atoms with Crippen LogP contribution in [0.25, 0.3) is 22.4 Å². The maximum atomic E-state index is 12.7. The summed E-state index contributed by atoms with van der Waals surface area (Å²) in [5.74, 6) is 2.00. The highest BCUT2D eigenvalue weighted by Gasteiger charge is 2.20. The van der Waals surface area contributed by atoms with E-state index in [0.29, 0.717) is 35.4 Å². The van der Waals surface area contributed by atoms with Crippen LogP contribution >= 0.6 is 11.5 Å². The Morgan fingerprint density at radius 2 is 1.76 bits per heavy atom. The molecule has 1 N–H and O–H groups in total. The highest BCUT2D eigenvalue weighted by molar-refractivity contribution is 7.04. The number of carbonyl (C=O) groups excluding carboxylic acids is 1. The summed E-state index contributed by atoms with van der Waals surface area (Å²) in [4.78, 5) is 18.1. The fraction of sp³-hybridized carbons (Fsp3) is 0.360. The molecule has 2 aromatic carbocycles. The normalized spacial score (nSPS) is 11.6. The van der Waals surface area contributed by atoms with Crippen LogP contribution in [-0.4, -0.2) is 45.4 Å². The minimum absolute atomic E-state index is 0.312. The van der Waals surface area contributed by atoms with Crippen molar-refractivity contribution in [1.82, 2.24) is 9.69 Å². The lowest BCUT2D eigenvalue weighted by Crippen LogP contribution is -2.41. The molecule has 0 fully saturated rings. The molecule has 0 aliphatic rings. The molecule has 34 heavy (non-hydrogen) atoms. The first-order valence-corrected chi connectivity index (χ1v) is 11.8. The van der Waals surface area contributed by atoms with Gasteiger partial charge in [0.1, 0.15) is 0 Å². The minimum atomic E-state index is -0.312. The summed E-state index contributed by atoms with van der Waals surface area (Å²) in [5.41, 5.74) is 4.02. The molecule has 1 aromatic heterocycles. The molecule has 3 aromatic rings. The standard InChI is InChI=1S/C25H31N3O5S/c1-7-16(2)14-26-25(29)28(33-6)19-10-8-9-17(11-19)20-15-34-27-23(20)18-12-21(30-3)24(32-5)22(13-18)31-4/h8-13,15-16H,7,14H2,1-6H3,(H,26,29). The Morgan fingerprint density at radius 1 is 1.06 bits per heavy atom. The zero-order valence-electron chi connectivity index (χ0n) is 20.4. The fourth-order valence-corrected chi connectivity index (χ4v) is 4.17. The second-order valence-corrected chi connectivity index (χ2v) is 8.35. The van der Waals surface area contributed by atoms with Gasteiger partial charge in [-0.05, 0) is 47.3 Å². The van der Waals surface area contributed by atoms with E-state index in [2.05, 4.69) is 23.5 Å². The number of anilines is 1. The van der Waals surface area contributed by atoms with Gasteiger partial charge < -0.3 is 19.5 Å². The lowest BCUT2D eigenvalue weighted by molar-refractivity contribution is 0.162. The van der Waals surface area contributed by atoms with E-state index in [9.17, 15) is 4.79 Å². The molecule has 1 unspecified atom stereocenters. The molecule has 0 saturated heterocycles. The van der Waals surface area contributed by atoms with Gasteiger partial charge in [0.05, 0.1) is 39.8 Å². The number of nitrogens with zero attached hydrogens (tertiary/aromatic N) is 2. The fourth-order valence-electron chi connectivity index (χ4n) is 3.45. The Morgan fingerprint density at radius 3 is 2.35 bits per heavy atom. The first kappa shape index (κ1) is 25.3. The average Bonchev–Trinajstić information content (AvgIpc) is 3.37. The molecule has 1 heterocycles. The first-order chi connectivity index (χ1) is 16.5. The number of aromatic nitrogens is 1. The number of hydroxylamine groups is 1.